The van der Waals surface area contributed by atoms with E-state index in [2.05, 4.69) is 5.10 Å². The van der Waals surface area contributed by atoms with E-state index in [9.17, 15) is 4.79 Å². The van der Waals surface area contributed by atoms with Crippen molar-refractivity contribution < 1.29 is 4.79 Å². The van der Waals surface area contributed by atoms with Crippen molar-refractivity contribution in [3.8, 4) is 0 Å². The molecule has 1 atom stereocenters. The minimum Gasteiger partial charge on any atom is -0.336 e. The fraction of sp³-hybridized carbons (Fsp3) is 0.385. The van der Waals surface area contributed by atoms with Crippen LogP contribution < -0.4 is 0 Å². The fourth-order valence-corrected chi connectivity index (χ4v) is 3.05. The molecule has 0 N–H and O–H groups in total. The van der Waals surface area contributed by atoms with Gasteiger partial charge in [0.1, 0.15) is 0 Å². The zero-order valence-electron chi connectivity index (χ0n) is 10.0. The van der Waals surface area contributed by atoms with Crippen LogP contribution in [0.1, 0.15) is 29.2 Å². The summed E-state index contributed by atoms with van der Waals surface area (Å²) in [6.07, 6.45) is 5.90. The van der Waals surface area contributed by atoms with E-state index >= 15 is 0 Å². The molecule has 2 aromatic heterocycles. The lowest BCUT2D eigenvalue weighted by molar-refractivity contribution is 0.0673. The Morgan fingerprint density at radius 1 is 1.50 bits per heavy atom. The van der Waals surface area contributed by atoms with Gasteiger partial charge in [-0.15, -0.1) is 0 Å². The van der Waals surface area contributed by atoms with Crippen LogP contribution >= 0.6 is 11.3 Å². The molecule has 3 rings (SSSR count). The molecule has 0 aliphatic carbocycles. The number of carbonyl (C=O) groups excluding carboxylic acids is 1. The number of piperidine rings is 1. The lowest BCUT2D eigenvalue weighted by Crippen LogP contribution is -2.40. The topological polar surface area (TPSA) is 38.1 Å². The van der Waals surface area contributed by atoms with Crippen LogP contribution in [0.3, 0.4) is 0 Å². The summed E-state index contributed by atoms with van der Waals surface area (Å²) in [5.41, 5.74) is 0.807. The number of nitrogens with zero attached hydrogens (tertiary/aromatic N) is 3. The van der Waals surface area contributed by atoms with Crippen molar-refractivity contribution in [1.82, 2.24) is 14.7 Å². The van der Waals surface area contributed by atoms with Gasteiger partial charge in [0, 0.05) is 30.9 Å². The van der Waals surface area contributed by atoms with Crippen LogP contribution in [0.2, 0.25) is 0 Å². The molecule has 1 aliphatic rings. The maximum absolute atomic E-state index is 12.3. The van der Waals surface area contributed by atoms with Gasteiger partial charge in [0.05, 0.1) is 11.6 Å². The summed E-state index contributed by atoms with van der Waals surface area (Å²) in [5.74, 6) is 0.146. The molecule has 94 valence electrons. The molecular weight excluding hydrogens is 246 g/mol. The number of thiophene rings is 1. The molecule has 0 spiro atoms. The van der Waals surface area contributed by atoms with Gasteiger partial charge in [-0.25, -0.2) is 0 Å². The Hall–Kier alpha value is -1.62. The van der Waals surface area contributed by atoms with Crippen LogP contribution in [0.5, 0.6) is 0 Å². The van der Waals surface area contributed by atoms with Gasteiger partial charge in [-0.3, -0.25) is 9.48 Å². The monoisotopic (exact) mass is 261 g/mol. The summed E-state index contributed by atoms with van der Waals surface area (Å²) in [6.45, 7) is 1.61. The highest BCUT2D eigenvalue weighted by Gasteiger charge is 2.25. The average molecular weight is 261 g/mol. The molecule has 0 bridgehead atoms. The van der Waals surface area contributed by atoms with Gasteiger partial charge in [-0.1, -0.05) is 0 Å². The standard InChI is InChI=1S/C13H15N3OS/c17-13(11-4-8-18-10-11)15-6-1-3-12(9-15)16-7-2-5-14-16/h2,4-5,7-8,10,12H,1,3,6,9H2/t12-/m1/s1. The zero-order chi connectivity index (χ0) is 12.4. The molecule has 0 saturated carbocycles. The number of amides is 1. The number of rotatable bonds is 2. The van der Waals surface area contributed by atoms with Crippen molar-refractivity contribution in [2.45, 2.75) is 18.9 Å². The lowest BCUT2D eigenvalue weighted by atomic mass is 10.1. The number of carbonyl (C=O) groups is 1. The maximum atomic E-state index is 12.3. The second-order valence-corrected chi connectivity index (χ2v) is 5.33. The molecule has 0 radical (unpaired) electrons. The molecule has 4 nitrogen and oxygen atoms in total. The predicted octanol–water partition coefficient (Wildman–Crippen LogP) is 2.42. The van der Waals surface area contributed by atoms with Gasteiger partial charge in [0.15, 0.2) is 0 Å². The van der Waals surface area contributed by atoms with Gasteiger partial charge in [-0.05, 0) is 30.4 Å². The van der Waals surface area contributed by atoms with E-state index < -0.39 is 0 Å². The highest BCUT2D eigenvalue weighted by atomic mass is 32.1. The molecule has 1 fully saturated rings. The third-order valence-electron chi connectivity index (χ3n) is 3.35. The van der Waals surface area contributed by atoms with E-state index in [0.717, 1.165) is 31.5 Å². The minimum absolute atomic E-state index is 0.146. The minimum atomic E-state index is 0.146. The molecule has 1 saturated heterocycles. The van der Waals surface area contributed by atoms with Crippen LogP contribution in [-0.2, 0) is 0 Å². The second-order valence-electron chi connectivity index (χ2n) is 4.55. The molecule has 1 amide bonds. The molecule has 18 heavy (non-hydrogen) atoms. The van der Waals surface area contributed by atoms with E-state index in [4.69, 9.17) is 0 Å². The van der Waals surface area contributed by atoms with E-state index in [1.54, 1.807) is 17.5 Å². The third kappa shape index (κ3) is 2.18. The van der Waals surface area contributed by atoms with E-state index in [0.29, 0.717) is 6.04 Å². The third-order valence-corrected chi connectivity index (χ3v) is 4.03. The van der Waals surface area contributed by atoms with Crippen LogP contribution in [-0.4, -0.2) is 33.7 Å². The summed E-state index contributed by atoms with van der Waals surface area (Å²) >= 11 is 1.57. The molecule has 2 aromatic rings. The molecular formula is C13H15N3OS. The molecule has 1 aliphatic heterocycles. The van der Waals surface area contributed by atoms with Crippen molar-refractivity contribution >= 4 is 17.2 Å². The summed E-state index contributed by atoms with van der Waals surface area (Å²) in [5, 5.41) is 8.14. The van der Waals surface area contributed by atoms with Crippen molar-refractivity contribution in [2.24, 2.45) is 0 Å². The fourth-order valence-electron chi connectivity index (χ4n) is 2.42. The van der Waals surface area contributed by atoms with Crippen molar-refractivity contribution in [2.75, 3.05) is 13.1 Å². The largest absolute Gasteiger partial charge is 0.336 e. The Kier molecular flexibility index (Phi) is 3.15. The first-order chi connectivity index (χ1) is 8.84. The molecule has 5 heteroatoms. The van der Waals surface area contributed by atoms with E-state index in [1.807, 2.05) is 38.7 Å². The van der Waals surface area contributed by atoms with Gasteiger partial charge in [-0.2, -0.15) is 16.4 Å². The SMILES string of the molecule is O=C(c1ccsc1)N1CCC[C@@H](n2cccn2)C1. The molecule has 3 heterocycles. The predicted molar refractivity (Wildman–Crippen MR) is 70.7 cm³/mol. The first-order valence-corrected chi connectivity index (χ1v) is 7.09. The van der Waals surface area contributed by atoms with Crippen molar-refractivity contribution in [3.05, 3.63) is 40.8 Å². The highest BCUT2D eigenvalue weighted by Crippen LogP contribution is 2.22. The quantitative estimate of drug-likeness (QED) is 0.832. The van der Waals surface area contributed by atoms with Crippen LogP contribution in [0.4, 0.5) is 0 Å². The normalized spacial score (nSPS) is 20.0. The van der Waals surface area contributed by atoms with E-state index in [1.165, 1.54) is 0 Å². The molecule has 0 unspecified atom stereocenters. The van der Waals surface area contributed by atoms with Gasteiger partial charge in [0.25, 0.3) is 5.91 Å². The number of hydrogen-bond acceptors (Lipinski definition) is 3. The Balaban J connectivity index is 1.73. The van der Waals surface area contributed by atoms with Gasteiger partial charge in [0.2, 0.25) is 0 Å². The highest BCUT2D eigenvalue weighted by molar-refractivity contribution is 7.08. The number of hydrogen-bond donors (Lipinski definition) is 0. The average Bonchev–Trinajstić information content (AvgIpc) is 3.11. The summed E-state index contributed by atoms with van der Waals surface area (Å²) in [6, 6.07) is 4.14. The summed E-state index contributed by atoms with van der Waals surface area (Å²) < 4.78 is 1.97. The maximum Gasteiger partial charge on any atom is 0.254 e. The first-order valence-electron chi connectivity index (χ1n) is 6.15. The zero-order valence-corrected chi connectivity index (χ0v) is 10.8. The smallest absolute Gasteiger partial charge is 0.254 e. The van der Waals surface area contributed by atoms with Crippen molar-refractivity contribution in [1.29, 1.82) is 0 Å². The van der Waals surface area contributed by atoms with E-state index in [-0.39, 0.29) is 5.91 Å². The van der Waals surface area contributed by atoms with Crippen LogP contribution in [0.15, 0.2) is 35.3 Å². The Labute approximate surface area is 110 Å². The summed E-state index contributed by atoms with van der Waals surface area (Å²) in [4.78, 5) is 14.2. The number of likely N-dealkylation sites (tertiary alicyclic amines) is 1. The summed E-state index contributed by atoms with van der Waals surface area (Å²) in [7, 11) is 0. The second kappa shape index (κ2) is 4.94. The Morgan fingerprint density at radius 3 is 3.17 bits per heavy atom. The van der Waals surface area contributed by atoms with Crippen LogP contribution in [0, 0.1) is 0 Å². The van der Waals surface area contributed by atoms with Crippen LogP contribution in [0.25, 0.3) is 0 Å². The lowest BCUT2D eigenvalue weighted by Gasteiger charge is -2.32. The molecule has 0 aromatic carbocycles. The Morgan fingerprint density at radius 2 is 2.44 bits per heavy atom. The van der Waals surface area contributed by atoms with Gasteiger partial charge >= 0.3 is 0 Å². The van der Waals surface area contributed by atoms with Gasteiger partial charge < -0.3 is 4.90 Å². The van der Waals surface area contributed by atoms with Crippen molar-refractivity contribution in [3.63, 3.8) is 0 Å². The first kappa shape index (κ1) is 11.5. The Bertz CT molecular complexity index is 506. The number of aromatic nitrogens is 2.